The van der Waals surface area contributed by atoms with Crippen LogP contribution in [0.15, 0.2) is 59.8 Å². The van der Waals surface area contributed by atoms with Gasteiger partial charge in [0.15, 0.2) is 5.78 Å². The van der Waals surface area contributed by atoms with E-state index in [1.807, 2.05) is 74.4 Å². The number of ketones is 1. The van der Waals surface area contributed by atoms with Gasteiger partial charge in [0.25, 0.3) is 0 Å². The van der Waals surface area contributed by atoms with Crippen LogP contribution in [-0.2, 0) is 14.3 Å². The van der Waals surface area contributed by atoms with E-state index in [1.165, 1.54) is 7.11 Å². The van der Waals surface area contributed by atoms with Gasteiger partial charge in [-0.15, -0.1) is 0 Å². The second-order valence-electron chi connectivity index (χ2n) is 8.17. The molecule has 0 saturated carbocycles. The van der Waals surface area contributed by atoms with Gasteiger partial charge in [-0.25, -0.2) is 0 Å². The van der Waals surface area contributed by atoms with Crippen LogP contribution >= 0.6 is 0 Å². The van der Waals surface area contributed by atoms with Crippen LogP contribution in [0.5, 0.6) is 0 Å². The van der Waals surface area contributed by atoms with E-state index in [0.717, 1.165) is 28.3 Å². The van der Waals surface area contributed by atoms with Crippen LogP contribution in [-0.4, -0.2) is 33.0 Å². The summed E-state index contributed by atoms with van der Waals surface area (Å²) >= 11 is 0. The summed E-state index contributed by atoms with van der Waals surface area (Å²) in [6, 6.07) is 15.7. The van der Waals surface area contributed by atoms with Gasteiger partial charge in [-0.3, -0.25) is 9.59 Å². The summed E-state index contributed by atoms with van der Waals surface area (Å²) in [6.07, 6.45) is 0.600. The first kappa shape index (κ1) is 20.0. The minimum absolute atomic E-state index is 0.141. The van der Waals surface area contributed by atoms with Crippen LogP contribution in [0.25, 0.3) is 0 Å². The van der Waals surface area contributed by atoms with Gasteiger partial charge in [-0.05, 0) is 42.2 Å². The number of hydrogen-bond acceptors (Lipinski definition) is 6. The number of hydrogen-bond donors (Lipinski definition) is 2. The first-order chi connectivity index (χ1) is 14.4. The van der Waals surface area contributed by atoms with Gasteiger partial charge < -0.3 is 20.3 Å². The number of carbonyl (C=O) groups is 2. The molecule has 156 valence electrons. The van der Waals surface area contributed by atoms with Crippen molar-refractivity contribution in [1.29, 1.82) is 0 Å². The number of esters is 1. The van der Waals surface area contributed by atoms with Gasteiger partial charge >= 0.3 is 5.97 Å². The second kappa shape index (κ2) is 7.86. The Morgan fingerprint density at radius 3 is 2.37 bits per heavy atom. The highest BCUT2D eigenvalue weighted by Gasteiger charge is 2.44. The Hall–Kier alpha value is -3.28. The van der Waals surface area contributed by atoms with Crippen LogP contribution in [0.4, 0.5) is 17.1 Å². The summed E-state index contributed by atoms with van der Waals surface area (Å²) in [5.41, 5.74) is 5.37. The highest BCUT2D eigenvalue weighted by Crippen LogP contribution is 2.43. The van der Waals surface area contributed by atoms with Crippen molar-refractivity contribution in [2.75, 3.05) is 36.7 Å². The quantitative estimate of drug-likeness (QED) is 0.595. The monoisotopic (exact) mass is 405 g/mol. The third-order valence-electron chi connectivity index (χ3n) is 5.97. The minimum atomic E-state index is -0.790. The molecule has 0 amide bonds. The predicted molar refractivity (Wildman–Crippen MR) is 119 cm³/mol. The summed E-state index contributed by atoms with van der Waals surface area (Å²) in [4.78, 5) is 28.0. The number of rotatable bonds is 3. The molecule has 6 heteroatoms. The van der Waals surface area contributed by atoms with Crippen molar-refractivity contribution in [2.24, 2.45) is 11.8 Å². The van der Waals surface area contributed by atoms with E-state index < -0.39 is 11.9 Å². The number of anilines is 3. The molecule has 1 aliphatic heterocycles. The van der Waals surface area contributed by atoms with Crippen molar-refractivity contribution < 1.29 is 14.3 Å². The second-order valence-corrected chi connectivity index (χ2v) is 8.17. The molecule has 4 rings (SSSR count). The lowest BCUT2D eigenvalue weighted by Crippen LogP contribution is -2.39. The Balaban J connectivity index is 1.84. The Labute approximate surface area is 176 Å². The molecule has 3 atom stereocenters. The van der Waals surface area contributed by atoms with Crippen molar-refractivity contribution in [1.82, 2.24) is 0 Å². The van der Waals surface area contributed by atoms with E-state index in [9.17, 15) is 9.59 Å². The van der Waals surface area contributed by atoms with E-state index in [1.54, 1.807) is 0 Å². The average molecular weight is 405 g/mol. The summed E-state index contributed by atoms with van der Waals surface area (Å²) in [5.74, 6) is -1.58. The molecule has 2 aromatic carbocycles. The van der Waals surface area contributed by atoms with Crippen LogP contribution < -0.4 is 15.5 Å². The molecule has 0 bridgehead atoms. The molecule has 1 aliphatic carbocycles. The molecule has 6 nitrogen and oxygen atoms in total. The van der Waals surface area contributed by atoms with Crippen LogP contribution in [0.3, 0.4) is 0 Å². The molecule has 1 heterocycles. The first-order valence-electron chi connectivity index (χ1n) is 10.2. The van der Waals surface area contributed by atoms with Crippen LogP contribution in [0.1, 0.15) is 24.9 Å². The van der Waals surface area contributed by atoms with Crippen molar-refractivity contribution in [3.05, 3.63) is 65.4 Å². The van der Waals surface area contributed by atoms with Crippen LogP contribution in [0, 0.1) is 11.8 Å². The maximum Gasteiger partial charge on any atom is 0.316 e. The van der Waals surface area contributed by atoms with Gasteiger partial charge in [0.1, 0.15) is 5.92 Å². The molecular weight excluding hydrogens is 378 g/mol. The van der Waals surface area contributed by atoms with E-state index in [0.29, 0.717) is 12.0 Å². The number of ether oxygens (including phenoxy) is 1. The zero-order valence-electron chi connectivity index (χ0n) is 17.7. The smallest absolute Gasteiger partial charge is 0.316 e. The van der Waals surface area contributed by atoms with Gasteiger partial charge in [-0.2, -0.15) is 0 Å². The molecule has 0 radical (unpaired) electrons. The standard InChI is InChI=1S/C24H27N3O3/c1-14-13-19-21(23(28)20(14)24(29)30-4)22(15-9-11-16(12-10-15)27(2)3)26-18-8-6-5-7-17(18)25-19/h5-12,14,20,22,25-26H,13H2,1-4H3. The molecule has 0 spiro atoms. The van der Waals surface area contributed by atoms with E-state index >= 15 is 0 Å². The van der Waals surface area contributed by atoms with Crippen molar-refractivity contribution in [3.8, 4) is 0 Å². The van der Waals surface area contributed by atoms with Crippen molar-refractivity contribution in [2.45, 2.75) is 19.4 Å². The Morgan fingerprint density at radius 2 is 1.73 bits per heavy atom. The Morgan fingerprint density at radius 1 is 1.07 bits per heavy atom. The van der Waals surface area contributed by atoms with Crippen molar-refractivity contribution in [3.63, 3.8) is 0 Å². The summed E-state index contributed by atoms with van der Waals surface area (Å²) in [5, 5.41) is 7.00. The summed E-state index contributed by atoms with van der Waals surface area (Å²) in [6.45, 7) is 1.93. The van der Waals surface area contributed by atoms with Crippen molar-refractivity contribution >= 4 is 28.8 Å². The summed E-state index contributed by atoms with van der Waals surface area (Å²) < 4.78 is 4.96. The largest absolute Gasteiger partial charge is 0.468 e. The molecule has 0 fully saturated rings. The zero-order chi connectivity index (χ0) is 21.4. The van der Waals surface area contributed by atoms with Gasteiger partial charge in [-0.1, -0.05) is 31.2 Å². The third-order valence-corrected chi connectivity index (χ3v) is 5.97. The fraction of sp³-hybridized carbons (Fsp3) is 0.333. The molecule has 2 aromatic rings. The lowest BCUT2D eigenvalue weighted by atomic mass is 9.75. The number of benzene rings is 2. The molecular formula is C24H27N3O3. The highest BCUT2D eigenvalue weighted by atomic mass is 16.5. The van der Waals surface area contributed by atoms with E-state index in [4.69, 9.17) is 4.74 Å². The Kier molecular flexibility index (Phi) is 5.24. The van der Waals surface area contributed by atoms with Gasteiger partial charge in [0, 0.05) is 31.1 Å². The average Bonchev–Trinajstić information content (AvgIpc) is 2.90. The predicted octanol–water partition coefficient (Wildman–Crippen LogP) is 3.98. The normalized spacial score (nSPS) is 22.8. The highest BCUT2D eigenvalue weighted by molar-refractivity contribution is 6.11. The number of Topliss-reactive ketones (excluding diaryl/α,β-unsaturated/α-hetero) is 1. The molecule has 0 saturated heterocycles. The molecule has 2 N–H and O–H groups in total. The number of carbonyl (C=O) groups excluding carboxylic acids is 2. The van der Waals surface area contributed by atoms with Gasteiger partial charge in [0.05, 0.1) is 24.5 Å². The number of para-hydroxylation sites is 2. The maximum atomic E-state index is 13.6. The minimum Gasteiger partial charge on any atom is -0.468 e. The molecule has 0 aromatic heterocycles. The summed E-state index contributed by atoms with van der Waals surface area (Å²) in [7, 11) is 5.32. The van der Waals surface area contributed by atoms with E-state index in [-0.39, 0.29) is 17.7 Å². The van der Waals surface area contributed by atoms with E-state index in [2.05, 4.69) is 10.6 Å². The molecule has 2 aliphatic rings. The Bertz CT molecular complexity index is 1010. The van der Waals surface area contributed by atoms with Gasteiger partial charge in [0.2, 0.25) is 0 Å². The fourth-order valence-electron chi connectivity index (χ4n) is 4.35. The zero-order valence-corrected chi connectivity index (χ0v) is 17.7. The number of allylic oxidation sites excluding steroid dienone is 1. The maximum absolute atomic E-state index is 13.6. The lowest BCUT2D eigenvalue weighted by molar-refractivity contribution is -0.151. The van der Waals surface area contributed by atoms with Crippen LogP contribution in [0.2, 0.25) is 0 Å². The number of fused-ring (bicyclic) bond motifs is 1. The fourth-order valence-corrected chi connectivity index (χ4v) is 4.35. The number of nitrogens with one attached hydrogen (secondary N) is 2. The number of methoxy groups -OCH3 is 1. The SMILES string of the molecule is COC(=O)C1C(=O)C2=C(CC1C)Nc1ccccc1NC2c1ccc(N(C)C)cc1. The topological polar surface area (TPSA) is 70.7 Å². The molecule has 30 heavy (non-hydrogen) atoms. The first-order valence-corrected chi connectivity index (χ1v) is 10.2. The lowest BCUT2D eigenvalue weighted by Gasteiger charge is -2.32. The molecule has 3 unspecified atom stereocenters. The number of nitrogens with zero attached hydrogens (tertiary/aromatic N) is 1. The third kappa shape index (κ3) is 3.43.